The number of hydrogen-bond acceptors (Lipinski definition) is 2. The van der Waals surface area contributed by atoms with Crippen molar-refractivity contribution in [2.75, 3.05) is 0 Å². The van der Waals surface area contributed by atoms with Gasteiger partial charge >= 0.3 is 0 Å². The fourth-order valence-corrected chi connectivity index (χ4v) is 4.47. The molecule has 3 heteroatoms. The molecule has 0 unspecified atom stereocenters. The lowest BCUT2D eigenvalue weighted by atomic mass is 10.0. The number of imidazole rings is 1. The minimum atomic E-state index is 0.920. The smallest absolute Gasteiger partial charge is 0.169 e. The van der Waals surface area contributed by atoms with E-state index in [9.17, 15) is 0 Å². The molecule has 0 spiro atoms. The first-order valence-corrected chi connectivity index (χ1v) is 11.1. The van der Waals surface area contributed by atoms with Crippen molar-refractivity contribution >= 4 is 11.8 Å². The van der Waals surface area contributed by atoms with Gasteiger partial charge in [-0.15, -0.1) is 0 Å². The summed E-state index contributed by atoms with van der Waals surface area (Å²) in [4.78, 5) is 5.13. The zero-order valence-corrected chi connectivity index (χ0v) is 17.8. The van der Waals surface area contributed by atoms with E-state index in [-0.39, 0.29) is 0 Å². The standard InChI is InChI=1S/C26H26N2S/c1-3-18-28-25(23-12-8-5-9-13-23)24(22-10-6-4-7-11-22)27-26(28)29-19-21-16-14-20(2)15-17-21/h4-17H,3,18-19H2,1-2H3. The third-order valence-corrected chi connectivity index (χ3v) is 6.01. The van der Waals surface area contributed by atoms with E-state index in [1.807, 2.05) is 11.8 Å². The molecule has 0 fully saturated rings. The molecule has 4 aromatic rings. The number of thioether (sulfide) groups is 1. The summed E-state index contributed by atoms with van der Waals surface area (Å²) >= 11 is 1.82. The quantitative estimate of drug-likeness (QED) is 0.306. The number of aromatic nitrogens is 2. The topological polar surface area (TPSA) is 17.8 Å². The molecule has 0 aliphatic rings. The zero-order chi connectivity index (χ0) is 20.1. The summed E-state index contributed by atoms with van der Waals surface area (Å²) in [5.74, 6) is 0.920. The molecule has 3 aromatic carbocycles. The first-order chi connectivity index (χ1) is 14.3. The lowest BCUT2D eigenvalue weighted by Gasteiger charge is -2.12. The molecule has 0 N–H and O–H groups in total. The molecular formula is C26H26N2S. The van der Waals surface area contributed by atoms with Gasteiger partial charge in [0.25, 0.3) is 0 Å². The average molecular weight is 399 g/mol. The van der Waals surface area contributed by atoms with Gasteiger partial charge in [0.05, 0.1) is 11.4 Å². The minimum Gasteiger partial charge on any atom is -0.318 e. The highest BCUT2D eigenvalue weighted by Gasteiger charge is 2.19. The minimum absolute atomic E-state index is 0.920. The Labute approximate surface area is 177 Å². The summed E-state index contributed by atoms with van der Waals surface area (Å²) in [6.07, 6.45) is 1.07. The molecule has 1 heterocycles. The van der Waals surface area contributed by atoms with E-state index in [1.165, 1.54) is 27.9 Å². The van der Waals surface area contributed by atoms with Crippen LogP contribution in [0.25, 0.3) is 22.5 Å². The molecule has 0 amide bonds. The lowest BCUT2D eigenvalue weighted by Crippen LogP contribution is -2.02. The maximum Gasteiger partial charge on any atom is 0.169 e. The van der Waals surface area contributed by atoms with Crippen molar-refractivity contribution in [2.24, 2.45) is 0 Å². The zero-order valence-electron chi connectivity index (χ0n) is 17.0. The van der Waals surface area contributed by atoms with Crippen LogP contribution in [-0.4, -0.2) is 9.55 Å². The van der Waals surface area contributed by atoms with Gasteiger partial charge in [0.15, 0.2) is 5.16 Å². The van der Waals surface area contributed by atoms with Gasteiger partial charge in [-0.2, -0.15) is 0 Å². The summed E-state index contributed by atoms with van der Waals surface area (Å²) in [5.41, 5.74) is 7.28. The van der Waals surface area contributed by atoms with Crippen LogP contribution in [0.5, 0.6) is 0 Å². The predicted octanol–water partition coefficient (Wildman–Crippen LogP) is 7.23. The molecule has 146 valence electrons. The van der Waals surface area contributed by atoms with Crippen LogP contribution in [0.4, 0.5) is 0 Å². The number of hydrogen-bond donors (Lipinski definition) is 0. The van der Waals surface area contributed by atoms with E-state index in [4.69, 9.17) is 4.98 Å². The van der Waals surface area contributed by atoms with E-state index in [0.29, 0.717) is 0 Å². The second-order valence-electron chi connectivity index (χ2n) is 7.25. The second kappa shape index (κ2) is 9.15. The maximum atomic E-state index is 5.13. The van der Waals surface area contributed by atoms with Crippen LogP contribution in [0, 0.1) is 6.92 Å². The Morgan fingerprint density at radius 3 is 2.03 bits per heavy atom. The van der Waals surface area contributed by atoms with Crippen LogP contribution < -0.4 is 0 Å². The van der Waals surface area contributed by atoms with Crippen LogP contribution in [0.1, 0.15) is 24.5 Å². The van der Waals surface area contributed by atoms with Crippen molar-refractivity contribution < 1.29 is 0 Å². The normalized spacial score (nSPS) is 11.0. The summed E-state index contributed by atoms with van der Waals surface area (Å²) in [6, 6.07) is 30.0. The monoisotopic (exact) mass is 398 g/mol. The highest BCUT2D eigenvalue weighted by molar-refractivity contribution is 7.98. The van der Waals surface area contributed by atoms with Crippen LogP contribution in [-0.2, 0) is 12.3 Å². The van der Waals surface area contributed by atoms with E-state index in [1.54, 1.807) is 0 Å². The van der Waals surface area contributed by atoms with Crippen LogP contribution in [0.2, 0.25) is 0 Å². The molecule has 0 saturated heterocycles. The molecule has 4 rings (SSSR count). The van der Waals surface area contributed by atoms with Crippen molar-refractivity contribution in [1.29, 1.82) is 0 Å². The van der Waals surface area contributed by atoms with Crippen LogP contribution in [0.3, 0.4) is 0 Å². The van der Waals surface area contributed by atoms with Crippen molar-refractivity contribution in [2.45, 2.75) is 37.7 Å². The van der Waals surface area contributed by atoms with Gasteiger partial charge in [-0.25, -0.2) is 4.98 Å². The van der Waals surface area contributed by atoms with Crippen molar-refractivity contribution in [3.63, 3.8) is 0 Å². The van der Waals surface area contributed by atoms with Gasteiger partial charge in [-0.1, -0.05) is 109 Å². The first kappa shape index (κ1) is 19.5. The Bertz CT molecular complexity index is 1050. The first-order valence-electron chi connectivity index (χ1n) is 10.2. The molecule has 0 atom stereocenters. The molecule has 29 heavy (non-hydrogen) atoms. The molecule has 0 aliphatic heterocycles. The lowest BCUT2D eigenvalue weighted by molar-refractivity contribution is 0.626. The molecular weight excluding hydrogens is 372 g/mol. The Morgan fingerprint density at radius 2 is 1.41 bits per heavy atom. The molecule has 0 radical (unpaired) electrons. The molecule has 0 bridgehead atoms. The van der Waals surface area contributed by atoms with E-state index in [0.717, 1.165) is 29.6 Å². The Balaban J connectivity index is 1.78. The molecule has 0 aliphatic carbocycles. The molecule has 1 aromatic heterocycles. The average Bonchev–Trinajstić information content (AvgIpc) is 3.13. The Morgan fingerprint density at radius 1 is 0.793 bits per heavy atom. The third-order valence-electron chi connectivity index (χ3n) is 4.96. The van der Waals surface area contributed by atoms with E-state index in [2.05, 4.69) is 103 Å². The highest BCUT2D eigenvalue weighted by Crippen LogP contribution is 2.37. The summed E-state index contributed by atoms with van der Waals surface area (Å²) in [7, 11) is 0. The van der Waals surface area contributed by atoms with E-state index < -0.39 is 0 Å². The largest absolute Gasteiger partial charge is 0.318 e. The number of aryl methyl sites for hydroxylation is 1. The fraction of sp³-hybridized carbons (Fsp3) is 0.192. The number of nitrogens with zero attached hydrogens (tertiary/aromatic N) is 2. The molecule has 2 nitrogen and oxygen atoms in total. The van der Waals surface area contributed by atoms with Crippen LogP contribution >= 0.6 is 11.8 Å². The van der Waals surface area contributed by atoms with Gasteiger partial charge in [0.2, 0.25) is 0 Å². The van der Waals surface area contributed by atoms with Gasteiger partial charge in [0.1, 0.15) is 0 Å². The highest BCUT2D eigenvalue weighted by atomic mass is 32.2. The fourth-order valence-electron chi connectivity index (χ4n) is 3.49. The third kappa shape index (κ3) is 4.46. The van der Waals surface area contributed by atoms with Crippen molar-refractivity contribution in [3.05, 3.63) is 96.1 Å². The predicted molar refractivity (Wildman–Crippen MR) is 124 cm³/mol. The van der Waals surface area contributed by atoms with Gasteiger partial charge in [-0.05, 0) is 18.9 Å². The van der Waals surface area contributed by atoms with Crippen molar-refractivity contribution in [3.8, 4) is 22.5 Å². The van der Waals surface area contributed by atoms with Crippen LogP contribution in [0.15, 0.2) is 90.1 Å². The van der Waals surface area contributed by atoms with Gasteiger partial charge < -0.3 is 4.57 Å². The summed E-state index contributed by atoms with van der Waals surface area (Å²) < 4.78 is 2.40. The van der Waals surface area contributed by atoms with Crippen molar-refractivity contribution in [1.82, 2.24) is 9.55 Å². The van der Waals surface area contributed by atoms with E-state index >= 15 is 0 Å². The summed E-state index contributed by atoms with van der Waals surface area (Å²) in [5, 5.41) is 1.09. The summed E-state index contributed by atoms with van der Waals surface area (Å²) in [6.45, 7) is 5.31. The number of rotatable bonds is 7. The maximum absolute atomic E-state index is 5.13. The number of benzene rings is 3. The second-order valence-corrected chi connectivity index (χ2v) is 8.19. The Hall–Kier alpha value is -2.78. The SMILES string of the molecule is CCCn1c(SCc2ccc(C)cc2)nc(-c2ccccc2)c1-c1ccccc1. The Kier molecular flexibility index (Phi) is 6.16. The molecule has 0 saturated carbocycles. The van der Waals surface area contributed by atoms with Gasteiger partial charge in [0, 0.05) is 23.4 Å². The van der Waals surface area contributed by atoms with Gasteiger partial charge in [-0.3, -0.25) is 0 Å².